The van der Waals surface area contributed by atoms with Gasteiger partial charge in [-0.25, -0.2) is 4.98 Å². The van der Waals surface area contributed by atoms with Crippen molar-refractivity contribution in [3.8, 4) is 17.2 Å². The number of carbonyl (C=O) groups excluding carboxylic acids is 1. The summed E-state index contributed by atoms with van der Waals surface area (Å²) in [6.45, 7) is 2.12. The Labute approximate surface area is 205 Å². The summed E-state index contributed by atoms with van der Waals surface area (Å²) in [6.07, 6.45) is 3.26. The lowest BCUT2D eigenvalue weighted by Crippen LogP contribution is -2.41. The number of nitriles is 1. The van der Waals surface area contributed by atoms with Gasteiger partial charge in [0, 0.05) is 24.6 Å². The Balaban J connectivity index is 1.41. The van der Waals surface area contributed by atoms with Crippen LogP contribution in [0.25, 0.3) is 11.1 Å². The average Bonchev–Trinajstić information content (AvgIpc) is 3.60. The van der Waals surface area contributed by atoms with E-state index < -0.39 is 0 Å². The van der Waals surface area contributed by atoms with Gasteiger partial charge in [0.25, 0.3) is 5.91 Å². The van der Waals surface area contributed by atoms with Gasteiger partial charge >= 0.3 is 0 Å². The molecule has 3 aromatic carbocycles. The van der Waals surface area contributed by atoms with E-state index in [-0.39, 0.29) is 11.9 Å². The summed E-state index contributed by atoms with van der Waals surface area (Å²) in [5.41, 5.74) is 5.13. The first kappa shape index (κ1) is 22.6. The Morgan fingerprint density at radius 3 is 2.60 bits per heavy atom. The molecule has 0 bridgehead atoms. The van der Waals surface area contributed by atoms with Crippen LogP contribution in [-0.2, 0) is 13.0 Å². The van der Waals surface area contributed by atoms with Gasteiger partial charge < -0.3 is 15.2 Å². The molecule has 1 aliphatic rings. The highest BCUT2D eigenvalue weighted by atomic mass is 16.2. The maximum Gasteiger partial charge on any atom is 0.255 e. The molecular formula is C29H27N5O. The minimum Gasteiger partial charge on any atom is -0.344 e. The molecular weight excluding hydrogens is 434 g/mol. The van der Waals surface area contributed by atoms with Gasteiger partial charge in [0.2, 0.25) is 0 Å². The summed E-state index contributed by atoms with van der Waals surface area (Å²) >= 11 is 0. The largest absolute Gasteiger partial charge is 0.344 e. The van der Waals surface area contributed by atoms with Crippen molar-refractivity contribution in [2.24, 2.45) is 0 Å². The summed E-state index contributed by atoms with van der Waals surface area (Å²) in [5, 5.41) is 12.8. The zero-order chi connectivity index (χ0) is 24.0. The van der Waals surface area contributed by atoms with Crippen molar-refractivity contribution in [1.29, 1.82) is 5.26 Å². The molecule has 0 radical (unpaired) electrons. The molecule has 174 valence electrons. The number of hydrogen-bond acceptors (Lipinski definition) is 4. The summed E-state index contributed by atoms with van der Waals surface area (Å²) in [5.74, 6) is 0.800. The molecule has 1 fully saturated rings. The van der Waals surface area contributed by atoms with Gasteiger partial charge in [0.15, 0.2) is 0 Å². The summed E-state index contributed by atoms with van der Waals surface area (Å²) < 4.78 is 0. The van der Waals surface area contributed by atoms with Crippen LogP contribution in [0.15, 0.2) is 85.1 Å². The quantitative estimate of drug-likeness (QED) is 0.423. The minimum atomic E-state index is 0.0177. The first-order chi connectivity index (χ1) is 17.2. The molecule has 2 N–H and O–H groups in total. The van der Waals surface area contributed by atoms with Crippen molar-refractivity contribution in [3.05, 3.63) is 113 Å². The highest BCUT2D eigenvalue weighted by Crippen LogP contribution is 2.26. The summed E-state index contributed by atoms with van der Waals surface area (Å²) in [7, 11) is 0. The standard InChI is InChI=1S/C29H27N5O/c30-17-23-11-5-4-10-22(23)16-28-32-18-24(33-28)20-34(25-14-15-31-19-25)29(35)27-13-7-6-12-26(27)21-8-2-1-3-9-21/h1-13,18,25,31H,14-16,19-20H2,(H,32,33). The molecule has 1 atom stereocenters. The molecule has 1 aromatic heterocycles. The SMILES string of the molecule is N#Cc1ccccc1Cc1ncc(CN(C(=O)c2ccccc2-c2ccccc2)C2CCNC2)[nH]1. The molecule has 6 heteroatoms. The molecule has 1 saturated heterocycles. The maximum atomic E-state index is 13.9. The zero-order valence-corrected chi connectivity index (χ0v) is 19.4. The summed E-state index contributed by atoms with van der Waals surface area (Å²) in [4.78, 5) is 23.8. The number of amides is 1. The highest BCUT2D eigenvalue weighted by molar-refractivity contribution is 6.01. The lowest BCUT2D eigenvalue weighted by molar-refractivity contribution is 0.0674. The predicted molar refractivity (Wildman–Crippen MR) is 136 cm³/mol. The fourth-order valence-corrected chi connectivity index (χ4v) is 4.69. The normalized spacial score (nSPS) is 15.0. The first-order valence-electron chi connectivity index (χ1n) is 11.9. The van der Waals surface area contributed by atoms with Crippen LogP contribution in [0.5, 0.6) is 0 Å². The molecule has 1 amide bonds. The van der Waals surface area contributed by atoms with Crippen LogP contribution in [0.4, 0.5) is 0 Å². The van der Waals surface area contributed by atoms with E-state index in [1.54, 1.807) is 6.20 Å². The number of rotatable bonds is 7. The molecule has 0 spiro atoms. The topological polar surface area (TPSA) is 84.8 Å². The smallest absolute Gasteiger partial charge is 0.255 e. The predicted octanol–water partition coefficient (Wildman–Crippen LogP) is 4.54. The van der Waals surface area contributed by atoms with E-state index in [9.17, 15) is 10.1 Å². The maximum absolute atomic E-state index is 13.9. The zero-order valence-electron chi connectivity index (χ0n) is 19.4. The van der Waals surface area contributed by atoms with Gasteiger partial charge in [0.1, 0.15) is 5.82 Å². The average molecular weight is 462 g/mol. The van der Waals surface area contributed by atoms with Crippen LogP contribution in [0, 0.1) is 11.3 Å². The van der Waals surface area contributed by atoms with E-state index in [1.807, 2.05) is 83.8 Å². The summed E-state index contributed by atoms with van der Waals surface area (Å²) in [6, 6.07) is 27.8. The fraction of sp³-hybridized carbons (Fsp3) is 0.207. The molecule has 2 heterocycles. The van der Waals surface area contributed by atoms with Crippen LogP contribution in [-0.4, -0.2) is 39.9 Å². The fourth-order valence-electron chi connectivity index (χ4n) is 4.69. The van der Waals surface area contributed by atoms with Gasteiger partial charge in [0.05, 0.1) is 30.1 Å². The van der Waals surface area contributed by atoms with Crippen molar-refractivity contribution in [2.75, 3.05) is 13.1 Å². The van der Waals surface area contributed by atoms with Crippen LogP contribution in [0.2, 0.25) is 0 Å². The van der Waals surface area contributed by atoms with E-state index in [1.165, 1.54) is 0 Å². The van der Waals surface area contributed by atoms with Gasteiger partial charge in [-0.3, -0.25) is 4.79 Å². The van der Waals surface area contributed by atoms with E-state index >= 15 is 0 Å². The number of aromatic nitrogens is 2. The van der Waals surface area contributed by atoms with Crippen LogP contribution < -0.4 is 5.32 Å². The number of nitrogens with zero attached hydrogens (tertiary/aromatic N) is 3. The third-order valence-electron chi connectivity index (χ3n) is 6.50. The molecule has 0 aliphatic carbocycles. The number of nitrogens with one attached hydrogen (secondary N) is 2. The number of hydrogen-bond donors (Lipinski definition) is 2. The third kappa shape index (κ3) is 5.01. The van der Waals surface area contributed by atoms with Crippen molar-refractivity contribution < 1.29 is 4.79 Å². The van der Waals surface area contributed by atoms with E-state index in [0.717, 1.165) is 47.7 Å². The van der Waals surface area contributed by atoms with Gasteiger partial charge in [-0.05, 0) is 41.8 Å². The Bertz CT molecular complexity index is 1350. The molecule has 1 unspecified atom stereocenters. The number of benzene rings is 3. The van der Waals surface area contributed by atoms with E-state index in [4.69, 9.17) is 0 Å². The number of H-pyrrole nitrogens is 1. The second kappa shape index (κ2) is 10.4. The molecule has 1 aliphatic heterocycles. The Morgan fingerprint density at radius 2 is 1.80 bits per heavy atom. The van der Waals surface area contributed by atoms with E-state index in [0.29, 0.717) is 24.1 Å². The second-order valence-electron chi connectivity index (χ2n) is 8.79. The molecule has 6 nitrogen and oxygen atoms in total. The van der Waals surface area contributed by atoms with Crippen molar-refractivity contribution >= 4 is 5.91 Å². The Hall–Kier alpha value is -4.21. The number of imidazole rings is 1. The first-order valence-corrected chi connectivity index (χ1v) is 11.9. The minimum absolute atomic E-state index is 0.0177. The highest BCUT2D eigenvalue weighted by Gasteiger charge is 2.29. The Morgan fingerprint density at radius 1 is 1.03 bits per heavy atom. The van der Waals surface area contributed by atoms with Crippen LogP contribution in [0.1, 0.15) is 39.4 Å². The van der Waals surface area contributed by atoms with Crippen LogP contribution >= 0.6 is 0 Å². The number of carbonyl (C=O) groups is 1. The molecule has 0 saturated carbocycles. The lowest BCUT2D eigenvalue weighted by Gasteiger charge is -2.29. The second-order valence-corrected chi connectivity index (χ2v) is 8.79. The molecule has 5 rings (SSSR count). The molecule has 35 heavy (non-hydrogen) atoms. The van der Waals surface area contributed by atoms with Gasteiger partial charge in [-0.15, -0.1) is 0 Å². The molecule has 4 aromatic rings. The van der Waals surface area contributed by atoms with Crippen molar-refractivity contribution in [2.45, 2.75) is 25.4 Å². The van der Waals surface area contributed by atoms with Crippen molar-refractivity contribution in [1.82, 2.24) is 20.2 Å². The lowest BCUT2D eigenvalue weighted by atomic mass is 9.98. The van der Waals surface area contributed by atoms with Crippen LogP contribution in [0.3, 0.4) is 0 Å². The number of aromatic amines is 1. The van der Waals surface area contributed by atoms with Crippen molar-refractivity contribution in [3.63, 3.8) is 0 Å². The van der Waals surface area contributed by atoms with E-state index in [2.05, 4.69) is 21.4 Å². The van der Waals surface area contributed by atoms with Gasteiger partial charge in [-0.1, -0.05) is 66.7 Å². The monoisotopic (exact) mass is 461 g/mol. The third-order valence-corrected chi connectivity index (χ3v) is 6.50. The van der Waals surface area contributed by atoms with Gasteiger partial charge in [-0.2, -0.15) is 5.26 Å². The Kier molecular flexibility index (Phi) is 6.69.